The van der Waals surface area contributed by atoms with Gasteiger partial charge in [-0.15, -0.1) is 11.3 Å². The van der Waals surface area contributed by atoms with Crippen LogP contribution in [0.5, 0.6) is 0 Å². The van der Waals surface area contributed by atoms with Crippen LogP contribution in [-0.4, -0.2) is 67.8 Å². The Morgan fingerprint density at radius 3 is 2.33 bits per heavy atom. The third-order valence-electron chi connectivity index (χ3n) is 5.62. The Morgan fingerprint density at radius 2 is 1.70 bits per heavy atom. The molecule has 7 nitrogen and oxygen atoms in total. The second-order valence-electron chi connectivity index (χ2n) is 7.56. The van der Waals surface area contributed by atoms with E-state index in [1.807, 2.05) is 5.38 Å². The minimum atomic E-state index is -3.73. The van der Waals surface area contributed by atoms with E-state index in [4.69, 9.17) is 11.6 Å². The van der Waals surface area contributed by atoms with Crippen LogP contribution < -0.4 is 4.90 Å². The van der Waals surface area contributed by atoms with E-state index in [0.717, 1.165) is 30.8 Å². The Morgan fingerprint density at radius 1 is 1.00 bits per heavy atom. The van der Waals surface area contributed by atoms with Crippen LogP contribution in [0.1, 0.15) is 36.0 Å². The number of anilines is 1. The molecule has 0 saturated carbocycles. The molecule has 0 radical (unpaired) electrons. The summed E-state index contributed by atoms with van der Waals surface area (Å²) in [7, 11) is -3.73. The van der Waals surface area contributed by atoms with Gasteiger partial charge in [-0.2, -0.15) is 4.31 Å². The van der Waals surface area contributed by atoms with Gasteiger partial charge in [0.1, 0.15) is 4.90 Å². The molecule has 1 aromatic carbocycles. The molecular weight excluding hydrogens is 444 g/mol. The molecule has 162 valence electrons. The predicted octanol–water partition coefficient (Wildman–Crippen LogP) is 3.32. The summed E-state index contributed by atoms with van der Waals surface area (Å²) in [5.41, 5.74) is 0.357. The SMILES string of the molecule is O=C(c1ccc(Cl)c(S(=O)(=O)N2CCCCCC2)c1)N1CCN(c2nccs2)CC1. The van der Waals surface area contributed by atoms with E-state index in [9.17, 15) is 13.2 Å². The van der Waals surface area contributed by atoms with E-state index < -0.39 is 10.0 Å². The highest BCUT2D eigenvalue weighted by molar-refractivity contribution is 7.89. The number of carbonyl (C=O) groups is 1. The normalized spacial score (nSPS) is 19.0. The van der Waals surface area contributed by atoms with E-state index in [1.165, 1.54) is 16.4 Å². The number of rotatable bonds is 4. The largest absolute Gasteiger partial charge is 0.345 e. The van der Waals surface area contributed by atoms with Gasteiger partial charge in [-0.1, -0.05) is 24.4 Å². The summed E-state index contributed by atoms with van der Waals surface area (Å²) in [6.45, 7) is 3.52. The predicted molar refractivity (Wildman–Crippen MR) is 119 cm³/mol. The van der Waals surface area contributed by atoms with E-state index in [2.05, 4.69) is 9.88 Å². The van der Waals surface area contributed by atoms with Crippen LogP contribution in [0.4, 0.5) is 5.13 Å². The third kappa shape index (κ3) is 4.49. The monoisotopic (exact) mass is 468 g/mol. The molecule has 0 spiro atoms. The molecule has 2 aliphatic rings. The summed E-state index contributed by atoms with van der Waals surface area (Å²) >= 11 is 7.85. The molecule has 0 atom stereocenters. The van der Waals surface area contributed by atoms with Crippen LogP contribution in [-0.2, 0) is 10.0 Å². The minimum Gasteiger partial charge on any atom is -0.345 e. The molecule has 2 saturated heterocycles. The molecule has 2 aromatic rings. The standard InChI is InChI=1S/C20H25ClN4O3S2/c21-17-6-5-16(15-18(17)30(27,28)25-8-3-1-2-4-9-25)19(26)23-10-12-24(13-11-23)20-22-7-14-29-20/h5-7,14-15H,1-4,8-13H2. The van der Waals surface area contributed by atoms with Gasteiger partial charge in [0.2, 0.25) is 10.0 Å². The lowest BCUT2D eigenvalue weighted by Gasteiger charge is -2.34. The maximum atomic E-state index is 13.2. The van der Waals surface area contributed by atoms with Gasteiger partial charge < -0.3 is 9.80 Å². The quantitative estimate of drug-likeness (QED) is 0.688. The van der Waals surface area contributed by atoms with Gasteiger partial charge in [-0.05, 0) is 31.0 Å². The molecule has 3 heterocycles. The highest BCUT2D eigenvalue weighted by Crippen LogP contribution is 2.28. The van der Waals surface area contributed by atoms with Crippen molar-refractivity contribution >= 4 is 44.0 Å². The van der Waals surface area contributed by atoms with Crippen LogP contribution in [0.25, 0.3) is 0 Å². The lowest BCUT2D eigenvalue weighted by Crippen LogP contribution is -2.48. The number of sulfonamides is 1. The first-order valence-electron chi connectivity index (χ1n) is 10.2. The lowest BCUT2D eigenvalue weighted by atomic mass is 10.2. The zero-order valence-electron chi connectivity index (χ0n) is 16.7. The van der Waals surface area contributed by atoms with Crippen molar-refractivity contribution in [2.24, 2.45) is 0 Å². The summed E-state index contributed by atoms with van der Waals surface area (Å²) in [6.07, 6.45) is 5.53. The smallest absolute Gasteiger partial charge is 0.254 e. The molecule has 0 bridgehead atoms. The number of hydrogen-bond donors (Lipinski definition) is 0. The van der Waals surface area contributed by atoms with Crippen LogP contribution in [0.3, 0.4) is 0 Å². The maximum absolute atomic E-state index is 13.2. The second kappa shape index (κ2) is 9.21. The molecule has 1 amide bonds. The molecule has 0 N–H and O–H groups in total. The summed E-state index contributed by atoms with van der Waals surface area (Å²) in [5, 5.41) is 3.05. The maximum Gasteiger partial charge on any atom is 0.254 e. The van der Waals surface area contributed by atoms with Crippen LogP contribution in [0, 0.1) is 0 Å². The summed E-state index contributed by atoms with van der Waals surface area (Å²) in [5.74, 6) is -0.169. The van der Waals surface area contributed by atoms with Crippen molar-refractivity contribution in [3.63, 3.8) is 0 Å². The van der Waals surface area contributed by atoms with Crippen molar-refractivity contribution in [1.29, 1.82) is 0 Å². The van der Waals surface area contributed by atoms with Gasteiger partial charge in [0, 0.05) is 56.4 Å². The Labute approximate surface area is 186 Å². The number of piperazine rings is 1. The third-order valence-corrected chi connectivity index (χ3v) is 8.83. The first-order valence-corrected chi connectivity index (χ1v) is 12.9. The number of hydrogen-bond acceptors (Lipinski definition) is 6. The lowest BCUT2D eigenvalue weighted by molar-refractivity contribution is 0.0746. The van der Waals surface area contributed by atoms with Gasteiger partial charge in [-0.25, -0.2) is 13.4 Å². The van der Waals surface area contributed by atoms with Gasteiger partial charge >= 0.3 is 0 Å². The van der Waals surface area contributed by atoms with Gasteiger partial charge in [0.15, 0.2) is 5.13 Å². The van der Waals surface area contributed by atoms with E-state index in [-0.39, 0.29) is 15.8 Å². The Bertz CT molecular complexity index is 981. The zero-order valence-corrected chi connectivity index (χ0v) is 19.1. The average molecular weight is 469 g/mol. The number of benzene rings is 1. The van der Waals surface area contributed by atoms with Gasteiger partial charge in [0.05, 0.1) is 5.02 Å². The van der Waals surface area contributed by atoms with Crippen molar-refractivity contribution in [2.75, 3.05) is 44.2 Å². The molecule has 2 fully saturated rings. The molecule has 0 unspecified atom stereocenters. The van der Waals surface area contributed by atoms with Crippen LogP contribution >= 0.6 is 22.9 Å². The van der Waals surface area contributed by atoms with Crippen LogP contribution in [0.15, 0.2) is 34.7 Å². The average Bonchev–Trinajstić information content (AvgIpc) is 3.15. The second-order valence-corrected chi connectivity index (χ2v) is 10.7. The topological polar surface area (TPSA) is 73.8 Å². The summed E-state index contributed by atoms with van der Waals surface area (Å²) in [4.78, 5) is 21.3. The molecule has 10 heteroatoms. The number of nitrogens with zero attached hydrogens (tertiary/aromatic N) is 4. The number of halogens is 1. The highest BCUT2D eigenvalue weighted by Gasteiger charge is 2.29. The van der Waals surface area contributed by atoms with Crippen LogP contribution in [0.2, 0.25) is 5.02 Å². The van der Waals surface area contributed by atoms with E-state index in [1.54, 1.807) is 28.5 Å². The first-order chi connectivity index (χ1) is 14.5. The Hall–Kier alpha value is -1.68. The first kappa shape index (κ1) is 21.5. The fourth-order valence-corrected chi connectivity index (χ4v) is 6.62. The van der Waals surface area contributed by atoms with Crippen molar-refractivity contribution in [3.05, 3.63) is 40.4 Å². The molecule has 30 heavy (non-hydrogen) atoms. The Balaban J connectivity index is 1.50. The molecule has 0 aliphatic carbocycles. The number of thiazole rings is 1. The molecule has 1 aromatic heterocycles. The highest BCUT2D eigenvalue weighted by atomic mass is 35.5. The van der Waals surface area contributed by atoms with Crippen molar-refractivity contribution in [3.8, 4) is 0 Å². The van der Waals surface area contributed by atoms with Gasteiger partial charge in [-0.3, -0.25) is 4.79 Å². The zero-order chi connectivity index (χ0) is 21.1. The molecule has 2 aliphatic heterocycles. The fourth-order valence-electron chi connectivity index (χ4n) is 3.91. The van der Waals surface area contributed by atoms with Crippen molar-refractivity contribution < 1.29 is 13.2 Å². The van der Waals surface area contributed by atoms with E-state index >= 15 is 0 Å². The fraction of sp³-hybridized carbons (Fsp3) is 0.500. The van der Waals surface area contributed by atoms with E-state index in [0.29, 0.717) is 44.8 Å². The van der Waals surface area contributed by atoms with Gasteiger partial charge in [0.25, 0.3) is 5.91 Å². The summed E-state index contributed by atoms with van der Waals surface area (Å²) < 4.78 is 27.9. The van der Waals surface area contributed by atoms with Crippen molar-refractivity contribution in [2.45, 2.75) is 30.6 Å². The minimum absolute atomic E-state index is 0.0262. The number of carbonyl (C=O) groups excluding carboxylic acids is 1. The molecule has 4 rings (SSSR count). The number of aromatic nitrogens is 1. The van der Waals surface area contributed by atoms with Crippen molar-refractivity contribution in [1.82, 2.24) is 14.2 Å². The Kier molecular flexibility index (Phi) is 6.62. The number of amides is 1. The molecular formula is C20H25ClN4O3S2. The summed E-state index contributed by atoms with van der Waals surface area (Å²) in [6, 6.07) is 4.57.